The maximum Gasteiger partial charge on any atom is 0.306 e. The quantitative estimate of drug-likeness (QED) is 0.0172. The lowest BCUT2D eigenvalue weighted by Crippen LogP contribution is -2.61. The molecular formula is C57H102O14. The molecule has 2 aliphatic rings. The highest BCUT2D eigenvalue weighted by atomic mass is 16.7. The van der Waals surface area contributed by atoms with E-state index in [-0.39, 0.29) is 19.6 Å². The number of rotatable bonds is 45. The number of aliphatic hydroxyl groups is 7. The predicted octanol–water partition coefficient (Wildman–Crippen LogP) is 9.52. The highest BCUT2D eigenvalue weighted by molar-refractivity contribution is 5.69. The molecule has 14 heteroatoms. The first-order valence-electron chi connectivity index (χ1n) is 28.2. The van der Waals surface area contributed by atoms with Crippen LogP contribution in [-0.4, -0.2) is 142 Å². The van der Waals surface area contributed by atoms with Gasteiger partial charge in [-0.3, -0.25) is 4.79 Å². The summed E-state index contributed by atoms with van der Waals surface area (Å²) in [5, 5.41) is 72.2. The molecule has 0 saturated carbocycles. The largest absolute Gasteiger partial charge is 0.457 e. The summed E-state index contributed by atoms with van der Waals surface area (Å²) in [4.78, 5) is 13.0. The summed E-state index contributed by atoms with van der Waals surface area (Å²) in [7, 11) is 0. The first kappa shape index (κ1) is 65.1. The maximum atomic E-state index is 13.0. The molecule has 14 nitrogen and oxygen atoms in total. The molecule has 11 atom stereocenters. The van der Waals surface area contributed by atoms with Crippen LogP contribution in [-0.2, 0) is 33.2 Å². The van der Waals surface area contributed by atoms with Gasteiger partial charge in [-0.2, -0.15) is 0 Å². The van der Waals surface area contributed by atoms with E-state index < -0.39 is 86.7 Å². The van der Waals surface area contributed by atoms with E-state index in [0.29, 0.717) is 13.0 Å². The van der Waals surface area contributed by atoms with Crippen molar-refractivity contribution in [3.63, 3.8) is 0 Å². The minimum atomic E-state index is -1.71. The molecule has 2 heterocycles. The lowest BCUT2D eigenvalue weighted by atomic mass is 9.98. The lowest BCUT2D eigenvalue weighted by molar-refractivity contribution is -0.332. The van der Waals surface area contributed by atoms with Gasteiger partial charge in [-0.05, 0) is 70.6 Å². The Labute approximate surface area is 429 Å². The van der Waals surface area contributed by atoms with Crippen LogP contribution in [0.15, 0.2) is 48.6 Å². The van der Waals surface area contributed by atoms with Crippen molar-refractivity contribution in [1.29, 1.82) is 0 Å². The second-order valence-electron chi connectivity index (χ2n) is 19.8. The highest BCUT2D eigenvalue weighted by Crippen LogP contribution is 2.26. The third-order valence-corrected chi connectivity index (χ3v) is 13.3. The van der Waals surface area contributed by atoms with E-state index in [1.165, 1.54) is 109 Å². The van der Waals surface area contributed by atoms with Crippen LogP contribution < -0.4 is 0 Å². The number of hydrogen-bond donors (Lipinski definition) is 7. The average molecular weight is 1010 g/mol. The van der Waals surface area contributed by atoms with Gasteiger partial charge in [-0.25, -0.2) is 0 Å². The third-order valence-electron chi connectivity index (χ3n) is 13.3. The van der Waals surface area contributed by atoms with E-state index >= 15 is 0 Å². The molecule has 0 radical (unpaired) electrons. The van der Waals surface area contributed by atoms with Crippen LogP contribution in [0, 0.1) is 0 Å². The smallest absolute Gasteiger partial charge is 0.306 e. The molecule has 0 amide bonds. The van der Waals surface area contributed by atoms with Crippen molar-refractivity contribution >= 4 is 5.97 Å². The fraction of sp³-hybridized carbons (Fsp3) is 0.842. The van der Waals surface area contributed by atoms with Crippen molar-refractivity contribution < 1.29 is 69.0 Å². The molecule has 0 aromatic rings. The molecule has 2 saturated heterocycles. The van der Waals surface area contributed by atoms with E-state index in [2.05, 4.69) is 62.5 Å². The van der Waals surface area contributed by atoms with Gasteiger partial charge in [0.25, 0.3) is 0 Å². The molecule has 414 valence electrons. The Hall–Kier alpha value is -2.05. The van der Waals surface area contributed by atoms with Crippen LogP contribution in [0.2, 0.25) is 0 Å². The Kier molecular flexibility index (Phi) is 40.6. The van der Waals surface area contributed by atoms with Gasteiger partial charge < -0.3 is 64.2 Å². The second kappa shape index (κ2) is 44.3. The Morgan fingerprint density at radius 3 is 1.41 bits per heavy atom. The predicted molar refractivity (Wildman–Crippen MR) is 279 cm³/mol. The minimum Gasteiger partial charge on any atom is -0.457 e. The van der Waals surface area contributed by atoms with E-state index in [4.69, 9.17) is 28.4 Å². The molecule has 2 aliphatic heterocycles. The number of ether oxygens (including phenoxy) is 6. The molecule has 0 aromatic heterocycles. The van der Waals surface area contributed by atoms with Gasteiger partial charge in [0.05, 0.1) is 26.4 Å². The van der Waals surface area contributed by atoms with Crippen molar-refractivity contribution in [2.24, 2.45) is 0 Å². The molecule has 0 bridgehead atoms. The Bertz CT molecular complexity index is 1360. The van der Waals surface area contributed by atoms with Crippen LogP contribution in [0.25, 0.3) is 0 Å². The van der Waals surface area contributed by atoms with Crippen LogP contribution in [0.1, 0.15) is 206 Å². The van der Waals surface area contributed by atoms with Gasteiger partial charge in [0.15, 0.2) is 12.6 Å². The summed E-state index contributed by atoms with van der Waals surface area (Å²) >= 11 is 0. The Morgan fingerprint density at radius 2 is 0.901 bits per heavy atom. The van der Waals surface area contributed by atoms with Crippen molar-refractivity contribution in [3.8, 4) is 0 Å². The number of esters is 1. The normalized spacial score (nSPS) is 25.6. The molecule has 0 aromatic carbocycles. The van der Waals surface area contributed by atoms with Gasteiger partial charge in [0.2, 0.25) is 0 Å². The lowest BCUT2D eigenvalue weighted by Gasteiger charge is -2.42. The van der Waals surface area contributed by atoms with E-state index in [0.717, 1.165) is 70.6 Å². The number of allylic oxidation sites excluding steroid dienone is 8. The number of unbranched alkanes of at least 4 members (excludes halogenated alkanes) is 23. The highest BCUT2D eigenvalue weighted by Gasteiger charge is 2.47. The fourth-order valence-electron chi connectivity index (χ4n) is 8.71. The van der Waals surface area contributed by atoms with Crippen LogP contribution in [0.5, 0.6) is 0 Å². The maximum absolute atomic E-state index is 13.0. The van der Waals surface area contributed by atoms with Gasteiger partial charge in [-0.1, -0.05) is 178 Å². The molecule has 2 rings (SSSR count). The van der Waals surface area contributed by atoms with Crippen molar-refractivity contribution in [1.82, 2.24) is 0 Å². The van der Waals surface area contributed by atoms with Gasteiger partial charge in [-0.15, -0.1) is 0 Å². The van der Waals surface area contributed by atoms with Crippen LogP contribution in [0.3, 0.4) is 0 Å². The van der Waals surface area contributed by atoms with Crippen molar-refractivity contribution in [2.45, 2.75) is 274 Å². The summed E-state index contributed by atoms with van der Waals surface area (Å²) in [6, 6.07) is 0. The second-order valence-corrected chi connectivity index (χ2v) is 19.8. The molecule has 2 fully saturated rings. The molecule has 11 unspecified atom stereocenters. The monoisotopic (exact) mass is 1010 g/mol. The summed E-state index contributed by atoms with van der Waals surface area (Å²) in [6.07, 6.45) is 36.1. The SMILES string of the molecule is CCC/C=C\C/C=C\CCCCCCCC(=O)OC(COCCCCCCCCCCCCCC/C=C\C/C=C\CCCCCCC)COC1OC(COC2OC(CO)C(O)C(O)C2O)C(O)C(O)C1O. The zero-order valence-electron chi connectivity index (χ0n) is 44.2. The molecule has 7 N–H and O–H groups in total. The van der Waals surface area contributed by atoms with Crippen LogP contribution in [0.4, 0.5) is 0 Å². The molecule has 0 aliphatic carbocycles. The minimum absolute atomic E-state index is 0.0545. The van der Waals surface area contributed by atoms with Gasteiger partial charge >= 0.3 is 5.97 Å². The fourth-order valence-corrected chi connectivity index (χ4v) is 8.71. The number of aliphatic hydroxyl groups excluding tert-OH is 7. The van der Waals surface area contributed by atoms with Crippen LogP contribution >= 0.6 is 0 Å². The van der Waals surface area contributed by atoms with Crippen molar-refractivity contribution in [2.75, 3.05) is 33.0 Å². The van der Waals surface area contributed by atoms with E-state index in [1.807, 2.05) is 0 Å². The summed E-state index contributed by atoms with van der Waals surface area (Å²) < 4.78 is 34.3. The Balaban J connectivity index is 1.70. The number of carbonyl (C=O) groups excluding carboxylic acids is 1. The summed E-state index contributed by atoms with van der Waals surface area (Å²) in [5.41, 5.74) is 0. The molecular weight excluding hydrogens is 909 g/mol. The zero-order chi connectivity index (χ0) is 51.6. The Morgan fingerprint density at radius 1 is 0.465 bits per heavy atom. The molecule has 71 heavy (non-hydrogen) atoms. The topological polar surface area (TPSA) is 214 Å². The van der Waals surface area contributed by atoms with Gasteiger partial charge in [0, 0.05) is 13.0 Å². The van der Waals surface area contributed by atoms with E-state index in [1.54, 1.807) is 0 Å². The summed E-state index contributed by atoms with van der Waals surface area (Å²) in [5.74, 6) is -0.391. The average Bonchev–Trinajstić information content (AvgIpc) is 3.37. The molecule has 0 spiro atoms. The van der Waals surface area contributed by atoms with Crippen molar-refractivity contribution in [3.05, 3.63) is 48.6 Å². The van der Waals surface area contributed by atoms with Gasteiger partial charge in [0.1, 0.15) is 54.9 Å². The standard InChI is InChI=1S/C57H102O14/c1-3-5-7-9-11-13-15-17-18-19-20-21-22-23-24-25-26-27-29-31-33-35-37-39-41-66-43-46(69-49(59)40-38-36-34-32-30-28-16-14-12-10-8-6-4-2)44-67-56-55(65)53(63)51(61)48(71-56)45-68-57-54(64)52(62)50(60)47(42-58)70-57/h8,10,14-17,19-20,46-48,50-58,60-65H,3-7,9,11-13,18,21-45H2,1-2H3/b10-8-,16-14-,17-15-,20-19-. The number of carbonyl (C=O) groups is 1. The number of hydrogen-bond acceptors (Lipinski definition) is 14. The van der Waals surface area contributed by atoms with E-state index in [9.17, 15) is 40.5 Å². The third kappa shape index (κ3) is 31.4. The first-order chi connectivity index (χ1) is 34.6. The zero-order valence-corrected chi connectivity index (χ0v) is 44.2. The summed E-state index contributed by atoms with van der Waals surface area (Å²) in [6.45, 7) is 3.60. The first-order valence-corrected chi connectivity index (χ1v) is 28.2.